The molecule has 0 atom stereocenters. The summed E-state index contributed by atoms with van der Waals surface area (Å²) in [5, 5.41) is 0. The molecule has 0 aliphatic rings. The topological polar surface area (TPSA) is 59.1 Å². The van der Waals surface area contributed by atoms with Crippen molar-refractivity contribution < 1.29 is 8.42 Å². The minimum atomic E-state index is -3.78. The highest BCUT2D eigenvalue weighted by atomic mass is 79.9. The number of nitrogens with zero attached hydrogens (tertiary/aromatic N) is 1. The lowest BCUT2D eigenvalue weighted by Gasteiger charge is -2.09. The van der Waals surface area contributed by atoms with E-state index in [1.807, 2.05) is 0 Å². The number of aromatic nitrogens is 1. The Kier molecular flexibility index (Phi) is 4.42. The summed E-state index contributed by atoms with van der Waals surface area (Å²) in [5.41, 5.74) is 0.942. The number of halogens is 3. The number of nitrogens with one attached hydrogen (secondary N) is 1. The smallest absolute Gasteiger partial charge is 0.264 e. The number of pyridine rings is 1. The average molecular weight is 402 g/mol. The van der Waals surface area contributed by atoms with Gasteiger partial charge in [-0.1, -0.05) is 23.2 Å². The van der Waals surface area contributed by atoms with Crippen molar-refractivity contribution in [2.75, 3.05) is 4.72 Å². The summed E-state index contributed by atoms with van der Waals surface area (Å²) in [4.78, 5) is 4.02. The van der Waals surface area contributed by atoms with Crippen LogP contribution in [0, 0.1) is 6.92 Å². The van der Waals surface area contributed by atoms with Gasteiger partial charge in [0.05, 0.1) is 15.7 Å². The van der Waals surface area contributed by atoms with Crippen LogP contribution >= 0.6 is 50.5 Å². The first-order chi connectivity index (χ1) is 8.79. The fourth-order valence-corrected chi connectivity index (χ4v) is 4.91. The van der Waals surface area contributed by atoms with Crippen LogP contribution in [0.5, 0.6) is 0 Å². The molecule has 2 heterocycles. The molecule has 0 amide bonds. The number of anilines is 1. The summed E-state index contributed by atoms with van der Waals surface area (Å²) < 4.78 is 28.0. The molecule has 0 aliphatic carbocycles. The monoisotopic (exact) mass is 400 g/mol. The van der Waals surface area contributed by atoms with E-state index < -0.39 is 10.0 Å². The molecule has 2 rings (SSSR count). The van der Waals surface area contributed by atoms with Gasteiger partial charge >= 0.3 is 0 Å². The van der Waals surface area contributed by atoms with Crippen molar-refractivity contribution in [1.29, 1.82) is 0 Å². The summed E-state index contributed by atoms with van der Waals surface area (Å²) in [6.07, 6.45) is 1.58. The van der Waals surface area contributed by atoms with Gasteiger partial charge in [0.25, 0.3) is 10.0 Å². The third kappa shape index (κ3) is 3.41. The Bertz CT molecular complexity index is 731. The predicted molar refractivity (Wildman–Crippen MR) is 81.8 cm³/mol. The molecular formula is C10H7BrCl2N2O2S2. The van der Waals surface area contributed by atoms with Gasteiger partial charge in [-0.05, 0) is 35.0 Å². The first kappa shape index (κ1) is 15.1. The predicted octanol–water partition coefficient (Wildman–Crippen LogP) is 4.32. The number of aryl methyl sites for hydroxylation is 1. The van der Waals surface area contributed by atoms with Crippen LogP contribution in [0.25, 0.3) is 0 Å². The zero-order valence-electron chi connectivity index (χ0n) is 9.45. The molecule has 4 nitrogen and oxygen atoms in total. The fourth-order valence-electron chi connectivity index (χ4n) is 1.32. The van der Waals surface area contributed by atoms with Gasteiger partial charge in [0.2, 0.25) is 0 Å². The molecule has 0 fully saturated rings. The SMILES string of the molecule is Cc1ncc(Br)cc1NS(=O)(=O)c1cc(Cl)sc1Cl. The van der Waals surface area contributed by atoms with Crippen molar-refractivity contribution in [1.82, 2.24) is 4.98 Å². The summed E-state index contributed by atoms with van der Waals surface area (Å²) >= 11 is 15.8. The van der Waals surface area contributed by atoms with Crippen LogP contribution in [0.2, 0.25) is 8.67 Å². The van der Waals surface area contributed by atoms with Crippen molar-refractivity contribution in [2.45, 2.75) is 11.8 Å². The minimum absolute atomic E-state index is 0.0384. The fraction of sp³-hybridized carbons (Fsp3) is 0.100. The minimum Gasteiger partial charge on any atom is -0.278 e. The van der Waals surface area contributed by atoms with E-state index in [1.165, 1.54) is 6.07 Å². The Morgan fingerprint density at radius 2 is 2.05 bits per heavy atom. The second kappa shape index (κ2) is 5.57. The lowest BCUT2D eigenvalue weighted by molar-refractivity contribution is 0.601. The van der Waals surface area contributed by atoms with Crippen LogP contribution < -0.4 is 4.72 Å². The van der Waals surface area contributed by atoms with Crippen LogP contribution in [-0.2, 0) is 10.0 Å². The zero-order valence-corrected chi connectivity index (χ0v) is 14.2. The summed E-state index contributed by atoms with van der Waals surface area (Å²) in [6, 6.07) is 2.94. The lowest BCUT2D eigenvalue weighted by Crippen LogP contribution is -2.13. The Labute approximate surface area is 132 Å². The first-order valence-electron chi connectivity index (χ1n) is 4.89. The average Bonchev–Trinajstić information content (AvgIpc) is 2.63. The van der Waals surface area contributed by atoms with Gasteiger partial charge in [-0.25, -0.2) is 8.42 Å². The Morgan fingerprint density at radius 3 is 2.63 bits per heavy atom. The second-order valence-corrected chi connectivity index (χ2v) is 8.43. The summed E-state index contributed by atoms with van der Waals surface area (Å²) in [6.45, 7) is 1.70. The molecule has 0 aliphatic heterocycles. The molecule has 2 aromatic heterocycles. The Hall–Kier alpha value is -0.340. The van der Waals surface area contributed by atoms with E-state index in [9.17, 15) is 8.42 Å². The number of rotatable bonds is 3. The largest absolute Gasteiger partial charge is 0.278 e. The van der Waals surface area contributed by atoms with Crippen LogP contribution in [0.4, 0.5) is 5.69 Å². The molecule has 9 heteroatoms. The van der Waals surface area contributed by atoms with Crippen molar-refractivity contribution in [3.63, 3.8) is 0 Å². The molecule has 19 heavy (non-hydrogen) atoms. The van der Waals surface area contributed by atoms with Crippen molar-refractivity contribution in [3.05, 3.63) is 37.2 Å². The van der Waals surface area contributed by atoms with E-state index in [4.69, 9.17) is 23.2 Å². The second-order valence-electron chi connectivity index (χ2n) is 3.58. The highest BCUT2D eigenvalue weighted by molar-refractivity contribution is 9.10. The molecule has 2 aromatic rings. The molecule has 0 unspecified atom stereocenters. The highest BCUT2D eigenvalue weighted by Crippen LogP contribution is 2.35. The Balaban J connectivity index is 2.42. The zero-order chi connectivity index (χ0) is 14.2. The third-order valence-electron chi connectivity index (χ3n) is 2.21. The van der Waals surface area contributed by atoms with E-state index >= 15 is 0 Å². The maximum Gasteiger partial charge on any atom is 0.264 e. The molecule has 0 saturated heterocycles. The first-order valence-corrected chi connectivity index (χ1v) is 8.74. The van der Waals surface area contributed by atoms with Crippen LogP contribution in [0.3, 0.4) is 0 Å². The van der Waals surface area contributed by atoms with E-state index in [0.717, 1.165) is 11.3 Å². The van der Waals surface area contributed by atoms with Crippen LogP contribution in [-0.4, -0.2) is 13.4 Å². The molecule has 0 spiro atoms. The number of sulfonamides is 1. The summed E-state index contributed by atoms with van der Waals surface area (Å²) in [7, 11) is -3.78. The van der Waals surface area contributed by atoms with Crippen molar-refractivity contribution >= 4 is 66.2 Å². The van der Waals surface area contributed by atoms with Gasteiger partial charge in [-0.2, -0.15) is 0 Å². The van der Waals surface area contributed by atoms with Crippen LogP contribution in [0.15, 0.2) is 27.7 Å². The van der Waals surface area contributed by atoms with E-state index in [0.29, 0.717) is 20.2 Å². The maximum atomic E-state index is 12.2. The molecular weight excluding hydrogens is 395 g/mol. The van der Waals surface area contributed by atoms with E-state index in [1.54, 1.807) is 19.2 Å². The maximum absolute atomic E-state index is 12.2. The van der Waals surface area contributed by atoms with Gasteiger partial charge in [0, 0.05) is 10.7 Å². The quantitative estimate of drug-likeness (QED) is 0.832. The number of hydrogen-bond donors (Lipinski definition) is 1. The lowest BCUT2D eigenvalue weighted by atomic mass is 10.3. The molecule has 0 saturated carbocycles. The molecule has 0 radical (unpaired) electrons. The van der Waals surface area contributed by atoms with Gasteiger partial charge < -0.3 is 0 Å². The van der Waals surface area contributed by atoms with Gasteiger partial charge in [-0.15, -0.1) is 11.3 Å². The van der Waals surface area contributed by atoms with Gasteiger partial charge in [0.1, 0.15) is 9.23 Å². The third-order valence-corrected chi connectivity index (χ3v) is 5.76. The Morgan fingerprint density at radius 1 is 1.37 bits per heavy atom. The molecule has 0 aromatic carbocycles. The number of hydrogen-bond acceptors (Lipinski definition) is 4. The van der Waals surface area contributed by atoms with E-state index in [-0.39, 0.29) is 9.23 Å². The molecule has 1 N–H and O–H groups in total. The number of thiophene rings is 1. The highest BCUT2D eigenvalue weighted by Gasteiger charge is 2.22. The normalized spacial score (nSPS) is 11.6. The van der Waals surface area contributed by atoms with Gasteiger partial charge in [-0.3, -0.25) is 9.71 Å². The standard InChI is InChI=1S/C10H7BrCl2N2O2S2/c1-5-7(2-6(11)4-14-5)15-19(16,17)8-3-9(12)18-10(8)13/h2-4,15H,1H3. The van der Waals surface area contributed by atoms with Crippen molar-refractivity contribution in [3.8, 4) is 0 Å². The van der Waals surface area contributed by atoms with Crippen LogP contribution in [0.1, 0.15) is 5.69 Å². The molecule has 102 valence electrons. The molecule has 0 bridgehead atoms. The van der Waals surface area contributed by atoms with Gasteiger partial charge in [0.15, 0.2) is 0 Å². The van der Waals surface area contributed by atoms with E-state index in [2.05, 4.69) is 25.6 Å². The summed E-state index contributed by atoms with van der Waals surface area (Å²) in [5.74, 6) is 0. The van der Waals surface area contributed by atoms with Crippen molar-refractivity contribution in [2.24, 2.45) is 0 Å².